The third-order valence-electron chi connectivity index (χ3n) is 4.30. The summed E-state index contributed by atoms with van der Waals surface area (Å²) in [5.41, 5.74) is 6.88. The molecule has 2 rings (SSSR count). The molecule has 1 saturated carbocycles. The number of aromatic nitrogens is 1. The molecule has 106 valence electrons. The first-order chi connectivity index (χ1) is 8.73. The van der Waals surface area contributed by atoms with Crippen molar-refractivity contribution in [3.63, 3.8) is 0 Å². The zero-order valence-electron chi connectivity index (χ0n) is 12.3. The number of carbonyl (C=O) groups is 1. The highest BCUT2D eigenvalue weighted by atomic mass is 32.1. The molecular formula is C15H24N2OS. The van der Waals surface area contributed by atoms with Crippen LogP contribution in [0.3, 0.4) is 0 Å². The van der Waals surface area contributed by atoms with Crippen molar-refractivity contribution in [3.05, 3.63) is 16.1 Å². The van der Waals surface area contributed by atoms with Crippen LogP contribution in [0, 0.1) is 5.41 Å². The van der Waals surface area contributed by atoms with Crippen molar-refractivity contribution in [2.24, 2.45) is 11.1 Å². The van der Waals surface area contributed by atoms with E-state index in [9.17, 15) is 4.79 Å². The molecule has 1 aliphatic rings. The van der Waals surface area contributed by atoms with Gasteiger partial charge in [0.2, 0.25) is 0 Å². The van der Waals surface area contributed by atoms with Crippen LogP contribution < -0.4 is 5.73 Å². The lowest BCUT2D eigenvalue weighted by molar-refractivity contribution is -0.127. The van der Waals surface area contributed by atoms with Crippen LogP contribution in [0.5, 0.6) is 0 Å². The number of ketones is 1. The molecule has 1 aromatic rings. The van der Waals surface area contributed by atoms with E-state index < -0.39 is 0 Å². The number of hydrogen-bond acceptors (Lipinski definition) is 4. The summed E-state index contributed by atoms with van der Waals surface area (Å²) in [6.07, 6.45) is 3.39. The molecule has 2 atom stereocenters. The first kappa shape index (κ1) is 14.7. The summed E-state index contributed by atoms with van der Waals surface area (Å²) in [4.78, 5) is 17.1. The highest BCUT2D eigenvalue weighted by Crippen LogP contribution is 2.38. The van der Waals surface area contributed by atoms with E-state index in [-0.39, 0.29) is 22.7 Å². The standard InChI is InChI=1S/C15H24N2OS/c1-14(2,3)11-9-19-13(17-11)8-12(18)15(4)7-5-6-10(15)16/h9-10H,5-8,16H2,1-4H3. The number of rotatable bonds is 3. The van der Waals surface area contributed by atoms with E-state index >= 15 is 0 Å². The van der Waals surface area contributed by atoms with Gasteiger partial charge in [0.1, 0.15) is 10.8 Å². The van der Waals surface area contributed by atoms with E-state index in [1.165, 1.54) is 0 Å². The maximum absolute atomic E-state index is 12.5. The highest BCUT2D eigenvalue weighted by molar-refractivity contribution is 7.09. The second-order valence-corrected chi connectivity index (χ2v) is 7.84. The maximum Gasteiger partial charge on any atom is 0.147 e. The fourth-order valence-electron chi connectivity index (χ4n) is 2.62. The lowest BCUT2D eigenvalue weighted by Crippen LogP contribution is -2.41. The van der Waals surface area contributed by atoms with Crippen LogP contribution in [0.25, 0.3) is 0 Å². The topological polar surface area (TPSA) is 56.0 Å². The Morgan fingerprint density at radius 2 is 2.26 bits per heavy atom. The van der Waals surface area contributed by atoms with Crippen molar-refractivity contribution in [2.75, 3.05) is 0 Å². The Bertz CT molecular complexity index is 475. The largest absolute Gasteiger partial charge is 0.327 e. The number of carbonyl (C=O) groups excluding carboxylic acids is 1. The molecule has 0 aromatic carbocycles. The zero-order chi connectivity index (χ0) is 14.3. The van der Waals surface area contributed by atoms with Crippen molar-refractivity contribution in [1.29, 1.82) is 0 Å². The van der Waals surface area contributed by atoms with E-state index in [4.69, 9.17) is 5.73 Å². The van der Waals surface area contributed by atoms with E-state index in [1.807, 2.05) is 6.92 Å². The predicted octanol–water partition coefficient (Wildman–Crippen LogP) is 3.07. The molecule has 0 spiro atoms. The zero-order valence-corrected chi connectivity index (χ0v) is 13.1. The summed E-state index contributed by atoms with van der Waals surface area (Å²) in [7, 11) is 0. The molecule has 3 nitrogen and oxygen atoms in total. The van der Waals surface area contributed by atoms with Gasteiger partial charge in [-0.15, -0.1) is 11.3 Å². The molecule has 4 heteroatoms. The SMILES string of the molecule is CC(C)(C)c1csc(CC(=O)C2(C)CCCC2N)n1. The molecule has 0 aliphatic heterocycles. The lowest BCUT2D eigenvalue weighted by atomic mass is 9.79. The van der Waals surface area contributed by atoms with Crippen molar-refractivity contribution >= 4 is 17.1 Å². The van der Waals surface area contributed by atoms with Gasteiger partial charge in [-0.25, -0.2) is 4.98 Å². The summed E-state index contributed by atoms with van der Waals surface area (Å²) in [5.74, 6) is 0.257. The van der Waals surface area contributed by atoms with E-state index in [2.05, 4.69) is 31.1 Å². The Kier molecular flexibility index (Phi) is 3.85. The Balaban J connectivity index is 2.09. The fourth-order valence-corrected chi connectivity index (χ4v) is 3.63. The van der Waals surface area contributed by atoms with Gasteiger partial charge in [0, 0.05) is 22.3 Å². The monoisotopic (exact) mass is 280 g/mol. The molecule has 0 saturated heterocycles. The number of Topliss-reactive ketones (excluding diaryl/α,β-unsaturated/α-hetero) is 1. The Labute approximate surface area is 119 Å². The minimum absolute atomic E-state index is 0.0158. The summed E-state index contributed by atoms with van der Waals surface area (Å²) in [6, 6.07) is 0.0158. The molecule has 1 aromatic heterocycles. The second kappa shape index (κ2) is 4.98. The minimum Gasteiger partial charge on any atom is -0.327 e. The van der Waals surface area contributed by atoms with Crippen LogP contribution in [-0.2, 0) is 16.6 Å². The van der Waals surface area contributed by atoms with Crippen LogP contribution in [0.15, 0.2) is 5.38 Å². The fraction of sp³-hybridized carbons (Fsp3) is 0.733. The lowest BCUT2D eigenvalue weighted by Gasteiger charge is -2.26. The maximum atomic E-state index is 12.5. The normalized spacial score (nSPS) is 27.7. The molecule has 2 N–H and O–H groups in total. The Morgan fingerprint density at radius 1 is 1.58 bits per heavy atom. The number of nitrogens with two attached hydrogens (primary N) is 1. The first-order valence-corrected chi connectivity index (χ1v) is 7.85. The van der Waals surface area contributed by atoms with Gasteiger partial charge < -0.3 is 5.73 Å². The van der Waals surface area contributed by atoms with Gasteiger partial charge in [-0.2, -0.15) is 0 Å². The smallest absolute Gasteiger partial charge is 0.147 e. The molecular weight excluding hydrogens is 256 g/mol. The van der Waals surface area contributed by atoms with Gasteiger partial charge in [-0.3, -0.25) is 4.79 Å². The van der Waals surface area contributed by atoms with Gasteiger partial charge in [-0.05, 0) is 12.8 Å². The third-order valence-corrected chi connectivity index (χ3v) is 5.15. The Hall–Kier alpha value is -0.740. The van der Waals surface area contributed by atoms with Gasteiger partial charge >= 0.3 is 0 Å². The second-order valence-electron chi connectivity index (χ2n) is 6.89. The summed E-state index contributed by atoms with van der Waals surface area (Å²) in [6.45, 7) is 8.44. The van der Waals surface area contributed by atoms with Crippen LogP contribution in [-0.4, -0.2) is 16.8 Å². The molecule has 0 radical (unpaired) electrons. The van der Waals surface area contributed by atoms with Crippen LogP contribution in [0.1, 0.15) is 57.7 Å². The first-order valence-electron chi connectivity index (χ1n) is 6.97. The van der Waals surface area contributed by atoms with Gasteiger partial charge in [-0.1, -0.05) is 34.1 Å². The van der Waals surface area contributed by atoms with Crippen molar-refractivity contribution in [2.45, 2.75) is 64.8 Å². The van der Waals surface area contributed by atoms with Crippen molar-refractivity contribution in [1.82, 2.24) is 4.98 Å². The number of nitrogens with zero attached hydrogens (tertiary/aromatic N) is 1. The van der Waals surface area contributed by atoms with Crippen molar-refractivity contribution < 1.29 is 4.79 Å². The van der Waals surface area contributed by atoms with Crippen LogP contribution >= 0.6 is 11.3 Å². The third kappa shape index (κ3) is 2.90. The van der Waals surface area contributed by atoms with Crippen molar-refractivity contribution in [3.8, 4) is 0 Å². The molecule has 1 aliphatic carbocycles. The Morgan fingerprint density at radius 3 is 2.74 bits per heavy atom. The highest BCUT2D eigenvalue weighted by Gasteiger charge is 2.42. The van der Waals surface area contributed by atoms with Crippen LogP contribution in [0.2, 0.25) is 0 Å². The minimum atomic E-state index is -0.340. The summed E-state index contributed by atoms with van der Waals surface area (Å²) < 4.78 is 0. The van der Waals surface area contributed by atoms with Gasteiger partial charge in [0.05, 0.1) is 12.1 Å². The molecule has 19 heavy (non-hydrogen) atoms. The number of hydrogen-bond donors (Lipinski definition) is 1. The van der Waals surface area contributed by atoms with Gasteiger partial charge in [0.25, 0.3) is 0 Å². The van der Waals surface area contributed by atoms with E-state index in [0.717, 1.165) is 30.0 Å². The summed E-state index contributed by atoms with van der Waals surface area (Å²) in [5, 5.41) is 3.00. The average Bonchev–Trinajstić information content (AvgIpc) is 2.87. The number of thiazole rings is 1. The van der Waals surface area contributed by atoms with E-state index in [1.54, 1.807) is 11.3 Å². The summed E-state index contributed by atoms with van der Waals surface area (Å²) >= 11 is 1.59. The predicted molar refractivity (Wildman–Crippen MR) is 79.5 cm³/mol. The average molecular weight is 280 g/mol. The molecule has 1 fully saturated rings. The molecule has 0 bridgehead atoms. The van der Waals surface area contributed by atoms with Crippen LogP contribution in [0.4, 0.5) is 0 Å². The molecule has 1 heterocycles. The molecule has 2 unspecified atom stereocenters. The van der Waals surface area contributed by atoms with Gasteiger partial charge in [0.15, 0.2) is 0 Å². The molecule has 0 amide bonds. The van der Waals surface area contributed by atoms with E-state index in [0.29, 0.717) is 6.42 Å². The quantitative estimate of drug-likeness (QED) is 0.925.